The highest BCUT2D eigenvalue weighted by atomic mass is 32.2. The van der Waals surface area contributed by atoms with Crippen LogP contribution >= 0.6 is 11.8 Å². The first-order valence-corrected chi connectivity index (χ1v) is 8.16. The summed E-state index contributed by atoms with van der Waals surface area (Å²) in [6.45, 7) is 1.21. The molecule has 106 valence electrons. The van der Waals surface area contributed by atoms with Gasteiger partial charge in [-0.25, -0.2) is 0 Å². The summed E-state index contributed by atoms with van der Waals surface area (Å²) < 4.78 is 0. The van der Waals surface area contributed by atoms with Crippen LogP contribution in [-0.4, -0.2) is 58.1 Å². The Morgan fingerprint density at radius 2 is 2.16 bits per heavy atom. The summed E-state index contributed by atoms with van der Waals surface area (Å²) >= 11 is 1.78. The molecule has 3 fully saturated rings. The molecule has 0 saturated carbocycles. The Hall–Kier alpha value is -0.750. The third kappa shape index (κ3) is 2.25. The van der Waals surface area contributed by atoms with Crippen molar-refractivity contribution >= 4 is 23.6 Å². The molecule has 3 heterocycles. The molecule has 0 radical (unpaired) electrons. The molecule has 6 heteroatoms. The highest BCUT2D eigenvalue weighted by molar-refractivity contribution is 7.99. The van der Waals surface area contributed by atoms with Crippen LogP contribution in [0, 0.1) is 5.92 Å². The van der Waals surface area contributed by atoms with Gasteiger partial charge in [-0.3, -0.25) is 9.59 Å². The van der Waals surface area contributed by atoms with Gasteiger partial charge in [0.15, 0.2) is 0 Å². The molecule has 0 aromatic rings. The van der Waals surface area contributed by atoms with Crippen molar-refractivity contribution < 1.29 is 14.7 Å². The largest absolute Gasteiger partial charge is 0.380 e. The van der Waals surface area contributed by atoms with Crippen molar-refractivity contribution in [3.8, 4) is 0 Å². The second-order valence-corrected chi connectivity index (χ2v) is 6.93. The fraction of sp³-hybridized carbons (Fsp3) is 0.846. The molecule has 19 heavy (non-hydrogen) atoms. The molecule has 5 nitrogen and oxygen atoms in total. The van der Waals surface area contributed by atoms with Gasteiger partial charge in [0.1, 0.15) is 5.60 Å². The smallest absolute Gasteiger partial charge is 0.254 e. The zero-order chi connectivity index (χ0) is 13.5. The number of thioether (sulfide) groups is 1. The van der Waals surface area contributed by atoms with Gasteiger partial charge in [0.25, 0.3) is 5.91 Å². The standard InChI is InChI=1S/C13H20N2O3S/c16-11-9-2-1-5-15(10(9)8-14-11)12(17)13(18)3-6-19-7-4-13/h9-10,18H,1-8H2,(H,14,16)/t9-,10-/m1/s1. The predicted octanol–water partition coefficient (Wildman–Crippen LogP) is -0.0185. The van der Waals surface area contributed by atoms with Crippen molar-refractivity contribution in [1.29, 1.82) is 0 Å². The number of likely N-dealkylation sites (tertiary alicyclic amines) is 1. The fourth-order valence-electron chi connectivity index (χ4n) is 3.39. The minimum atomic E-state index is -1.20. The van der Waals surface area contributed by atoms with E-state index in [0.29, 0.717) is 25.9 Å². The summed E-state index contributed by atoms with van der Waals surface area (Å²) in [5.74, 6) is 1.51. The van der Waals surface area contributed by atoms with Gasteiger partial charge in [-0.1, -0.05) is 0 Å². The van der Waals surface area contributed by atoms with Crippen molar-refractivity contribution in [1.82, 2.24) is 10.2 Å². The van der Waals surface area contributed by atoms with E-state index in [1.165, 1.54) is 0 Å². The maximum Gasteiger partial charge on any atom is 0.254 e. The first-order chi connectivity index (χ1) is 9.12. The summed E-state index contributed by atoms with van der Waals surface area (Å²) in [4.78, 5) is 26.1. The van der Waals surface area contributed by atoms with Crippen LogP contribution < -0.4 is 5.32 Å². The van der Waals surface area contributed by atoms with Crippen LogP contribution in [0.1, 0.15) is 25.7 Å². The van der Waals surface area contributed by atoms with Crippen LogP contribution in [0.15, 0.2) is 0 Å². The van der Waals surface area contributed by atoms with Gasteiger partial charge in [0.2, 0.25) is 5.91 Å². The summed E-state index contributed by atoms with van der Waals surface area (Å²) in [5.41, 5.74) is -1.20. The Labute approximate surface area is 117 Å². The topological polar surface area (TPSA) is 69.6 Å². The Balaban J connectivity index is 1.77. The molecular formula is C13H20N2O3S. The predicted molar refractivity (Wildman–Crippen MR) is 72.7 cm³/mol. The maximum absolute atomic E-state index is 12.7. The average molecular weight is 284 g/mol. The van der Waals surface area contributed by atoms with E-state index >= 15 is 0 Å². The monoisotopic (exact) mass is 284 g/mol. The molecule has 0 spiro atoms. The van der Waals surface area contributed by atoms with Crippen LogP contribution in [0.5, 0.6) is 0 Å². The Morgan fingerprint density at radius 3 is 2.89 bits per heavy atom. The Morgan fingerprint density at radius 1 is 1.42 bits per heavy atom. The van der Waals surface area contributed by atoms with E-state index in [9.17, 15) is 14.7 Å². The highest BCUT2D eigenvalue weighted by Gasteiger charge is 2.48. The number of fused-ring (bicyclic) bond motifs is 1. The van der Waals surface area contributed by atoms with Crippen molar-refractivity contribution in [2.75, 3.05) is 24.6 Å². The summed E-state index contributed by atoms with van der Waals surface area (Å²) in [7, 11) is 0. The summed E-state index contributed by atoms with van der Waals surface area (Å²) in [6.07, 6.45) is 2.78. The highest BCUT2D eigenvalue weighted by Crippen LogP contribution is 2.33. The number of hydrogen-bond acceptors (Lipinski definition) is 4. The first kappa shape index (κ1) is 13.2. The van der Waals surface area contributed by atoms with Crippen molar-refractivity contribution in [3.05, 3.63) is 0 Å². The van der Waals surface area contributed by atoms with Gasteiger partial charge in [-0.05, 0) is 37.2 Å². The van der Waals surface area contributed by atoms with E-state index < -0.39 is 5.60 Å². The normalized spacial score (nSPS) is 33.7. The SMILES string of the molecule is O=C1NC[C@@H]2[C@H]1CCCN2C(=O)C1(O)CCSCC1. The van der Waals surface area contributed by atoms with Crippen LogP contribution in [0.3, 0.4) is 0 Å². The third-order valence-corrected chi connectivity index (χ3v) is 5.57. The fourth-order valence-corrected chi connectivity index (χ4v) is 4.56. The van der Waals surface area contributed by atoms with Gasteiger partial charge in [0.05, 0.1) is 12.0 Å². The number of carbonyl (C=O) groups excluding carboxylic acids is 2. The lowest BCUT2D eigenvalue weighted by Crippen LogP contribution is -2.57. The van der Waals surface area contributed by atoms with Gasteiger partial charge in [-0.2, -0.15) is 11.8 Å². The number of piperidine rings is 1. The van der Waals surface area contributed by atoms with Crippen LogP contribution in [-0.2, 0) is 9.59 Å². The van der Waals surface area contributed by atoms with Crippen molar-refractivity contribution in [3.63, 3.8) is 0 Å². The van der Waals surface area contributed by atoms with Crippen LogP contribution in [0.2, 0.25) is 0 Å². The molecule has 0 unspecified atom stereocenters. The third-order valence-electron chi connectivity index (χ3n) is 4.58. The number of nitrogens with zero attached hydrogens (tertiary/aromatic N) is 1. The molecule has 2 atom stereocenters. The second-order valence-electron chi connectivity index (χ2n) is 5.70. The number of hydrogen-bond donors (Lipinski definition) is 2. The molecule has 3 aliphatic heterocycles. The van der Waals surface area contributed by atoms with Gasteiger partial charge in [0, 0.05) is 13.1 Å². The molecule has 0 aromatic heterocycles. The van der Waals surface area contributed by atoms with Crippen molar-refractivity contribution in [2.45, 2.75) is 37.3 Å². The molecule has 3 aliphatic rings. The molecule has 2 N–H and O–H groups in total. The number of carbonyl (C=O) groups is 2. The molecule has 0 aromatic carbocycles. The molecule has 3 rings (SSSR count). The lowest BCUT2D eigenvalue weighted by molar-refractivity contribution is -0.157. The van der Waals surface area contributed by atoms with E-state index in [1.54, 1.807) is 16.7 Å². The second kappa shape index (κ2) is 4.98. The summed E-state index contributed by atoms with van der Waals surface area (Å²) in [6, 6.07) is -0.0487. The number of aliphatic hydroxyl groups is 1. The lowest BCUT2D eigenvalue weighted by atomic mass is 9.88. The molecule has 3 saturated heterocycles. The Bertz CT molecular complexity index is 395. The average Bonchev–Trinajstić information content (AvgIpc) is 2.81. The first-order valence-electron chi connectivity index (χ1n) is 7.01. The van der Waals surface area contributed by atoms with Crippen LogP contribution in [0.4, 0.5) is 0 Å². The van der Waals surface area contributed by atoms with E-state index in [4.69, 9.17) is 0 Å². The van der Waals surface area contributed by atoms with E-state index in [2.05, 4.69) is 5.32 Å². The number of rotatable bonds is 1. The quantitative estimate of drug-likeness (QED) is 0.710. The zero-order valence-corrected chi connectivity index (χ0v) is 11.7. The van der Waals surface area contributed by atoms with Gasteiger partial charge >= 0.3 is 0 Å². The molecular weight excluding hydrogens is 264 g/mol. The van der Waals surface area contributed by atoms with E-state index in [0.717, 1.165) is 24.3 Å². The molecule has 0 bridgehead atoms. The number of nitrogens with one attached hydrogen (secondary N) is 1. The number of amides is 2. The van der Waals surface area contributed by atoms with Gasteiger partial charge in [-0.15, -0.1) is 0 Å². The van der Waals surface area contributed by atoms with E-state index in [1.807, 2.05) is 0 Å². The maximum atomic E-state index is 12.7. The minimum absolute atomic E-state index is 0.0487. The lowest BCUT2D eigenvalue weighted by Gasteiger charge is -2.41. The summed E-state index contributed by atoms with van der Waals surface area (Å²) in [5, 5.41) is 13.4. The van der Waals surface area contributed by atoms with Gasteiger partial charge < -0.3 is 15.3 Å². The van der Waals surface area contributed by atoms with Crippen LogP contribution in [0.25, 0.3) is 0 Å². The zero-order valence-electron chi connectivity index (χ0n) is 10.9. The van der Waals surface area contributed by atoms with Crippen molar-refractivity contribution in [2.24, 2.45) is 5.92 Å². The molecule has 2 amide bonds. The molecule has 0 aliphatic carbocycles. The Kier molecular flexibility index (Phi) is 3.47. The van der Waals surface area contributed by atoms with E-state index in [-0.39, 0.29) is 23.8 Å². The minimum Gasteiger partial charge on any atom is -0.380 e.